The van der Waals surface area contributed by atoms with Crippen LogP contribution in [0.2, 0.25) is 0 Å². The first kappa shape index (κ1) is 21.5. The van der Waals surface area contributed by atoms with Crippen LogP contribution in [-0.2, 0) is 11.3 Å². The first-order valence-corrected chi connectivity index (χ1v) is 11.3. The number of ketones is 1. The highest BCUT2D eigenvalue weighted by molar-refractivity contribution is 7.99. The summed E-state index contributed by atoms with van der Waals surface area (Å²) in [7, 11) is 0. The van der Waals surface area contributed by atoms with E-state index in [4.69, 9.17) is 9.47 Å². The molecule has 2 heterocycles. The van der Waals surface area contributed by atoms with Crippen molar-refractivity contribution in [1.29, 1.82) is 0 Å². The van der Waals surface area contributed by atoms with Crippen LogP contribution in [0.1, 0.15) is 30.1 Å². The van der Waals surface area contributed by atoms with E-state index in [1.165, 1.54) is 23.9 Å². The normalized spacial score (nSPS) is 15.9. The smallest absolute Gasteiger partial charge is 0.192 e. The molecule has 1 atom stereocenters. The molecule has 3 aromatic rings. The van der Waals surface area contributed by atoms with Gasteiger partial charge in [-0.1, -0.05) is 11.8 Å². The number of benzene rings is 2. The fourth-order valence-electron chi connectivity index (χ4n) is 3.48. The van der Waals surface area contributed by atoms with Gasteiger partial charge in [0.1, 0.15) is 11.6 Å². The number of hydrogen-bond donors (Lipinski definition) is 0. The summed E-state index contributed by atoms with van der Waals surface area (Å²) in [5.74, 6) is 1.33. The van der Waals surface area contributed by atoms with Gasteiger partial charge in [-0.15, -0.1) is 10.2 Å². The second kappa shape index (κ2) is 10.1. The summed E-state index contributed by atoms with van der Waals surface area (Å²) in [4.78, 5) is 12.7. The van der Waals surface area contributed by atoms with Gasteiger partial charge in [-0.05, 0) is 68.3 Å². The lowest BCUT2D eigenvalue weighted by Crippen LogP contribution is -2.17. The molecule has 0 amide bonds. The molecule has 162 valence electrons. The lowest BCUT2D eigenvalue weighted by Gasteiger charge is -2.14. The first-order chi connectivity index (χ1) is 15.1. The van der Waals surface area contributed by atoms with Crippen molar-refractivity contribution in [2.24, 2.45) is 0 Å². The van der Waals surface area contributed by atoms with Gasteiger partial charge in [-0.2, -0.15) is 0 Å². The highest BCUT2D eigenvalue weighted by Gasteiger charge is 2.22. The average molecular weight is 442 g/mol. The number of nitrogens with zero attached hydrogens (tertiary/aromatic N) is 3. The lowest BCUT2D eigenvalue weighted by atomic mass is 10.1. The van der Waals surface area contributed by atoms with Gasteiger partial charge in [0.15, 0.2) is 16.8 Å². The van der Waals surface area contributed by atoms with Crippen LogP contribution in [0.5, 0.6) is 5.75 Å². The van der Waals surface area contributed by atoms with Crippen molar-refractivity contribution in [3.63, 3.8) is 0 Å². The van der Waals surface area contributed by atoms with Gasteiger partial charge >= 0.3 is 0 Å². The van der Waals surface area contributed by atoms with E-state index >= 15 is 0 Å². The Morgan fingerprint density at radius 3 is 2.65 bits per heavy atom. The van der Waals surface area contributed by atoms with Crippen molar-refractivity contribution in [2.45, 2.75) is 37.6 Å². The quantitative estimate of drug-likeness (QED) is 0.356. The third-order valence-electron chi connectivity index (χ3n) is 5.05. The number of carbonyl (C=O) groups excluding carboxylic acids is 1. The Bertz CT molecular complexity index is 1020. The Morgan fingerprint density at radius 1 is 1.19 bits per heavy atom. The predicted octanol–water partition coefficient (Wildman–Crippen LogP) is 4.64. The number of ether oxygens (including phenoxy) is 2. The number of rotatable bonds is 9. The van der Waals surface area contributed by atoms with E-state index in [1.54, 1.807) is 36.4 Å². The van der Waals surface area contributed by atoms with Crippen molar-refractivity contribution in [1.82, 2.24) is 14.8 Å². The van der Waals surface area contributed by atoms with Crippen molar-refractivity contribution < 1.29 is 18.7 Å². The molecule has 1 unspecified atom stereocenters. The number of Topliss-reactive ketones (excluding diaryl/α,β-unsaturated/α-hetero) is 1. The lowest BCUT2D eigenvalue weighted by molar-refractivity contribution is 0.0953. The van der Waals surface area contributed by atoms with Gasteiger partial charge < -0.3 is 9.47 Å². The Labute approximate surface area is 184 Å². The van der Waals surface area contributed by atoms with Gasteiger partial charge in [0.2, 0.25) is 0 Å². The van der Waals surface area contributed by atoms with Gasteiger partial charge in [0.05, 0.1) is 25.0 Å². The van der Waals surface area contributed by atoms with Crippen molar-refractivity contribution in [3.05, 3.63) is 59.9 Å². The third kappa shape index (κ3) is 5.32. The minimum atomic E-state index is -0.301. The summed E-state index contributed by atoms with van der Waals surface area (Å²) in [6.45, 7) is 3.85. The number of thioether (sulfide) groups is 1. The molecule has 2 aromatic carbocycles. The monoisotopic (exact) mass is 441 g/mol. The number of carbonyl (C=O) groups is 1. The highest BCUT2D eigenvalue weighted by Crippen LogP contribution is 2.27. The molecule has 0 radical (unpaired) electrons. The molecule has 0 spiro atoms. The van der Waals surface area contributed by atoms with Crippen LogP contribution >= 0.6 is 11.8 Å². The van der Waals surface area contributed by atoms with Gasteiger partial charge in [-0.3, -0.25) is 9.36 Å². The Hall–Kier alpha value is -2.71. The zero-order chi connectivity index (χ0) is 21.6. The van der Waals surface area contributed by atoms with E-state index in [1.807, 2.05) is 11.5 Å². The molecule has 0 saturated carbocycles. The molecule has 31 heavy (non-hydrogen) atoms. The summed E-state index contributed by atoms with van der Waals surface area (Å²) in [5, 5.41) is 9.29. The summed E-state index contributed by atoms with van der Waals surface area (Å²) >= 11 is 1.35. The largest absolute Gasteiger partial charge is 0.494 e. The highest BCUT2D eigenvalue weighted by atomic mass is 32.2. The minimum Gasteiger partial charge on any atom is -0.494 e. The Kier molecular flexibility index (Phi) is 6.99. The molecule has 1 aliphatic heterocycles. The van der Waals surface area contributed by atoms with E-state index in [0.717, 1.165) is 30.8 Å². The van der Waals surface area contributed by atoms with E-state index in [9.17, 15) is 9.18 Å². The zero-order valence-electron chi connectivity index (χ0n) is 17.3. The standard InChI is InChI=1S/C23H24FN3O3S/c1-2-29-19-11-7-16(8-12-19)21(28)15-31-23-26-25-22(17-5-9-18(24)10-6-17)27(23)14-20-4-3-13-30-20/h5-12,20H,2-4,13-15H2,1H3. The molecule has 0 N–H and O–H groups in total. The molecular formula is C23H24FN3O3S. The maximum absolute atomic E-state index is 13.4. The zero-order valence-corrected chi connectivity index (χ0v) is 18.1. The first-order valence-electron chi connectivity index (χ1n) is 10.3. The second-order valence-electron chi connectivity index (χ2n) is 7.23. The van der Waals surface area contributed by atoms with E-state index in [2.05, 4.69) is 10.2 Å². The van der Waals surface area contributed by atoms with E-state index < -0.39 is 0 Å². The Balaban J connectivity index is 1.51. The van der Waals surface area contributed by atoms with Crippen LogP contribution in [0.3, 0.4) is 0 Å². The molecule has 0 aliphatic carbocycles. The third-order valence-corrected chi connectivity index (χ3v) is 6.02. The molecule has 1 fully saturated rings. The number of halogens is 1. The fraction of sp³-hybridized carbons (Fsp3) is 0.348. The topological polar surface area (TPSA) is 66.2 Å². The maximum atomic E-state index is 13.4. The maximum Gasteiger partial charge on any atom is 0.192 e. The molecule has 1 saturated heterocycles. The summed E-state index contributed by atoms with van der Waals surface area (Å²) in [6.07, 6.45) is 2.07. The van der Waals surface area contributed by atoms with Crippen LogP contribution in [0, 0.1) is 5.82 Å². The molecule has 0 bridgehead atoms. The van der Waals surface area contributed by atoms with Crippen molar-refractivity contribution in [3.8, 4) is 17.1 Å². The summed E-state index contributed by atoms with van der Waals surface area (Å²) in [6, 6.07) is 13.3. The van der Waals surface area contributed by atoms with Crippen LogP contribution in [0.25, 0.3) is 11.4 Å². The van der Waals surface area contributed by atoms with Gasteiger partial charge in [0, 0.05) is 17.7 Å². The summed E-state index contributed by atoms with van der Waals surface area (Å²) in [5.41, 5.74) is 1.40. The number of hydrogen-bond acceptors (Lipinski definition) is 6. The van der Waals surface area contributed by atoms with Crippen LogP contribution in [-0.4, -0.2) is 45.6 Å². The molecule has 1 aliphatic rings. The van der Waals surface area contributed by atoms with Crippen LogP contribution < -0.4 is 4.74 Å². The molecule has 1 aromatic heterocycles. The average Bonchev–Trinajstić information content (AvgIpc) is 3.44. The van der Waals surface area contributed by atoms with Crippen LogP contribution in [0.15, 0.2) is 53.7 Å². The Morgan fingerprint density at radius 2 is 1.97 bits per heavy atom. The van der Waals surface area contributed by atoms with Crippen LogP contribution in [0.4, 0.5) is 4.39 Å². The summed E-state index contributed by atoms with van der Waals surface area (Å²) < 4.78 is 26.6. The molecule has 8 heteroatoms. The van der Waals surface area contributed by atoms with E-state index in [0.29, 0.717) is 29.7 Å². The molecule has 4 rings (SSSR count). The van der Waals surface area contributed by atoms with E-state index in [-0.39, 0.29) is 23.5 Å². The molecule has 6 nitrogen and oxygen atoms in total. The van der Waals surface area contributed by atoms with Crippen molar-refractivity contribution in [2.75, 3.05) is 19.0 Å². The number of aromatic nitrogens is 3. The van der Waals surface area contributed by atoms with Crippen molar-refractivity contribution >= 4 is 17.5 Å². The minimum absolute atomic E-state index is 0.00282. The second-order valence-corrected chi connectivity index (χ2v) is 8.17. The molecular weight excluding hydrogens is 417 g/mol. The fourth-order valence-corrected chi connectivity index (χ4v) is 4.32. The van der Waals surface area contributed by atoms with Gasteiger partial charge in [0.25, 0.3) is 0 Å². The van der Waals surface area contributed by atoms with Gasteiger partial charge in [-0.25, -0.2) is 4.39 Å². The predicted molar refractivity (Wildman–Crippen MR) is 117 cm³/mol. The SMILES string of the molecule is CCOc1ccc(C(=O)CSc2nnc(-c3ccc(F)cc3)n2CC2CCCO2)cc1.